The second-order valence-corrected chi connectivity index (χ2v) is 8.49. The SMILES string of the molecule is CCN1c2ccccc2C(C)(C)C1/C=C/c1ccc(N(CCO)CCC#N)cc1C. The van der Waals surface area contributed by atoms with Gasteiger partial charge in [-0.15, -0.1) is 0 Å². The standard InChI is InChI=1S/C26H33N3O/c1-5-29-24-10-7-6-9-23(24)26(3,4)25(29)14-12-21-11-13-22(19-20(21)2)28(17-18-30)16-8-15-27/h6-7,9-14,19,25,30H,5,8,16-18H2,1-4H3/b14-12+. The third kappa shape index (κ3) is 4.22. The molecule has 0 bridgehead atoms. The Kier molecular flexibility index (Phi) is 6.84. The Balaban J connectivity index is 1.85. The van der Waals surface area contributed by atoms with Crippen molar-refractivity contribution in [3.63, 3.8) is 0 Å². The van der Waals surface area contributed by atoms with E-state index in [0.717, 1.165) is 12.2 Å². The first-order valence-electron chi connectivity index (χ1n) is 10.8. The summed E-state index contributed by atoms with van der Waals surface area (Å²) < 4.78 is 0. The molecule has 30 heavy (non-hydrogen) atoms. The van der Waals surface area contributed by atoms with E-state index < -0.39 is 0 Å². The predicted octanol–water partition coefficient (Wildman–Crippen LogP) is 4.91. The highest BCUT2D eigenvalue weighted by atomic mass is 16.3. The van der Waals surface area contributed by atoms with Crippen LogP contribution in [0.3, 0.4) is 0 Å². The number of hydrogen-bond donors (Lipinski definition) is 1. The highest BCUT2D eigenvalue weighted by molar-refractivity contribution is 5.68. The molecule has 0 fully saturated rings. The average Bonchev–Trinajstić information content (AvgIpc) is 2.96. The van der Waals surface area contributed by atoms with Crippen LogP contribution in [0.15, 0.2) is 48.5 Å². The van der Waals surface area contributed by atoms with Crippen LogP contribution in [0.1, 0.15) is 43.9 Å². The number of nitriles is 1. The molecule has 0 radical (unpaired) electrons. The molecule has 158 valence electrons. The van der Waals surface area contributed by atoms with Gasteiger partial charge in [0, 0.05) is 36.4 Å². The second kappa shape index (κ2) is 9.36. The van der Waals surface area contributed by atoms with Crippen LogP contribution in [-0.4, -0.2) is 37.4 Å². The van der Waals surface area contributed by atoms with Crippen molar-refractivity contribution in [1.82, 2.24) is 0 Å². The zero-order valence-electron chi connectivity index (χ0n) is 18.6. The molecule has 0 amide bonds. The van der Waals surface area contributed by atoms with Crippen LogP contribution in [0.5, 0.6) is 0 Å². The van der Waals surface area contributed by atoms with Gasteiger partial charge in [-0.05, 0) is 48.7 Å². The molecule has 2 aromatic rings. The van der Waals surface area contributed by atoms with E-state index in [9.17, 15) is 5.11 Å². The highest BCUT2D eigenvalue weighted by Crippen LogP contribution is 2.45. The number of nitrogens with zero attached hydrogens (tertiary/aromatic N) is 3. The predicted molar refractivity (Wildman–Crippen MR) is 126 cm³/mol. The van der Waals surface area contributed by atoms with Crippen molar-refractivity contribution < 1.29 is 5.11 Å². The number of likely N-dealkylation sites (N-methyl/N-ethyl adjacent to an activating group) is 1. The first-order chi connectivity index (χ1) is 14.4. The zero-order valence-corrected chi connectivity index (χ0v) is 18.6. The molecule has 0 aromatic heterocycles. The lowest BCUT2D eigenvalue weighted by Crippen LogP contribution is -2.39. The third-order valence-corrected chi connectivity index (χ3v) is 6.26. The Hall–Kier alpha value is -2.77. The minimum absolute atomic E-state index is 0.0478. The van der Waals surface area contributed by atoms with Crippen LogP contribution in [0.25, 0.3) is 6.08 Å². The van der Waals surface area contributed by atoms with Crippen molar-refractivity contribution in [2.24, 2.45) is 0 Å². The first kappa shape index (κ1) is 21.9. The number of rotatable bonds is 8. The van der Waals surface area contributed by atoms with E-state index in [2.05, 4.69) is 98.2 Å². The monoisotopic (exact) mass is 403 g/mol. The van der Waals surface area contributed by atoms with Crippen molar-refractivity contribution in [2.45, 2.75) is 45.6 Å². The van der Waals surface area contributed by atoms with E-state index >= 15 is 0 Å². The van der Waals surface area contributed by atoms with Gasteiger partial charge in [-0.1, -0.05) is 50.3 Å². The summed E-state index contributed by atoms with van der Waals surface area (Å²) in [6.07, 6.45) is 5.03. The molecule has 0 spiro atoms. The lowest BCUT2D eigenvalue weighted by molar-refractivity contribution is 0.302. The number of anilines is 2. The van der Waals surface area contributed by atoms with Gasteiger partial charge >= 0.3 is 0 Å². The topological polar surface area (TPSA) is 50.5 Å². The van der Waals surface area contributed by atoms with E-state index in [4.69, 9.17) is 5.26 Å². The van der Waals surface area contributed by atoms with Gasteiger partial charge in [-0.25, -0.2) is 0 Å². The fourth-order valence-electron chi connectivity index (χ4n) is 4.59. The van der Waals surface area contributed by atoms with Gasteiger partial charge in [0.05, 0.1) is 25.1 Å². The summed E-state index contributed by atoms with van der Waals surface area (Å²) in [7, 11) is 0. The molecule has 1 unspecified atom stereocenters. The molecule has 3 rings (SSSR count). The molecular weight excluding hydrogens is 370 g/mol. The lowest BCUT2D eigenvalue weighted by Gasteiger charge is -2.31. The maximum atomic E-state index is 9.36. The van der Waals surface area contributed by atoms with E-state index in [-0.39, 0.29) is 12.0 Å². The Morgan fingerprint density at radius 2 is 1.97 bits per heavy atom. The summed E-state index contributed by atoms with van der Waals surface area (Å²) in [5, 5.41) is 18.3. The van der Waals surface area contributed by atoms with Crippen LogP contribution in [0.2, 0.25) is 0 Å². The number of fused-ring (bicyclic) bond motifs is 1. The molecule has 0 aliphatic carbocycles. The van der Waals surface area contributed by atoms with Crippen molar-refractivity contribution in [2.75, 3.05) is 36.0 Å². The largest absolute Gasteiger partial charge is 0.395 e. The van der Waals surface area contributed by atoms with Crippen molar-refractivity contribution in [3.05, 3.63) is 65.2 Å². The van der Waals surface area contributed by atoms with Crippen LogP contribution >= 0.6 is 0 Å². The summed E-state index contributed by atoms with van der Waals surface area (Å²) >= 11 is 0. The summed E-state index contributed by atoms with van der Waals surface area (Å²) in [6, 6.07) is 17.6. The summed E-state index contributed by atoms with van der Waals surface area (Å²) in [5.74, 6) is 0. The molecule has 1 N–H and O–H groups in total. The Morgan fingerprint density at radius 3 is 2.63 bits per heavy atom. The third-order valence-electron chi connectivity index (χ3n) is 6.26. The maximum Gasteiger partial charge on any atom is 0.0640 e. The van der Waals surface area contributed by atoms with Gasteiger partial charge in [-0.2, -0.15) is 5.26 Å². The van der Waals surface area contributed by atoms with Crippen LogP contribution in [0.4, 0.5) is 11.4 Å². The van der Waals surface area contributed by atoms with Gasteiger partial charge < -0.3 is 14.9 Å². The Morgan fingerprint density at radius 1 is 1.20 bits per heavy atom. The number of aliphatic hydroxyl groups excluding tert-OH is 1. The average molecular weight is 404 g/mol. The van der Waals surface area contributed by atoms with Crippen molar-refractivity contribution >= 4 is 17.5 Å². The molecule has 4 nitrogen and oxygen atoms in total. The Bertz CT molecular complexity index is 942. The molecule has 4 heteroatoms. The van der Waals surface area contributed by atoms with Crippen LogP contribution in [-0.2, 0) is 5.41 Å². The van der Waals surface area contributed by atoms with Crippen LogP contribution < -0.4 is 9.80 Å². The van der Waals surface area contributed by atoms with E-state index in [1.807, 2.05) is 0 Å². The van der Waals surface area contributed by atoms with Crippen LogP contribution in [0, 0.1) is 18.3 Å². The highest BCUT2D eigenvalue weighted by Gasteiger charge is 2.42. The fraction of sp³-hybridized carbons (Fsp3) is 0.423. The number of benzene rings is 2. The molecule has 1 aliphatic rings. The molecular formula is C26H33N3O. The second-order valence-electron chi connectivity index (χ2n) is 8.49. The number of hydrogen-bond acceptors (Lipinski definition) is 4. The smallest absolute Gasteiger partial charge is 0.0640 e. The van der Waals surface area contributed by atoms with Gasteiger partial charge in [0.15, 0.2) is 0 Å². The summed E-state index contributed by atoms with van der Waals surface area (Å²) in [5.41, 5.74) is 6.24. The molecule has 2 aromatic carbocycles. The summed E-state index contributed by atoms with van der Waals surface area (Å²) in [6.45, 7) is 11.2. The normalized spacial score (nSPS) is 17.2. The maximum absolute atomic E-state index is 9.36. The van der Waals surface area contributed by atoms with Crippen molar-refractivity contribution in [3.8, 4) is 6.07 Å². The van der Waals surface area contributed by atoms with Gasteiger partial charge in [0.25, 0.3) is 0 Å². The lowest BCUT2D eigenvalue weighted by atomic mass is 9.80. The minimum atomic E-state index is 0.0478. The zero-order chi connectivity index (χ0) is 21.7. The first-order valence-corrected chi connectivity index (χ1v) is 10.8. The number of aliphatic hydroxyl groups is 1. The Labute approximate surface area is 181 Å². The molecule has 0 saturated heterocycles. The van der Waals surface area contributed by atoms with E-state index in [1.54, 1.807) is 0 Å². The summed E-state index contributed by atoms with van der Waals surface area (Å²) in [4.78, 5) is 4.56. The number of aryl methyl sites for hydroxylation is 1. The molecule has 0 saturated carbocycles. The molecule has 1 aliphatic heterocycles. The molecule has 1 atom stereocenters. The quantitative estimate of drug-likeness (QED) is 0.681. The fourth-order valence-corrected chi connectivity index (χ4v) is 4.59. The minimum Gasteiger partial charge on any atom is -0.395 e. The van der Waals surface area contributed by atoms with E-state index in [1.165, 1.54) is 22.4 Å². The number of para-hydroxylation sites is 1. The van der Waals surface area contributed by atoms with Gasteiger partial charge in [-0.3, -0.25) is 0 Å². The molecule has 1 heterocycles. The van der Waals surface area contributed by atoms with Gasteiger partial charge in [0.1, 0.15) is 0 Å². The van der Waals surface area contributed by atoms with E-state index in [0.29, 0.717) is 25.6 Å². The van der Waals surface area contributed by atoms with Gasteiger partial charge in [0.2, 0.25) is 0 Å². The van der Waals surface area contributed by atoms with Crippen molar-refractivity contribution in [1.29, 1.82) is 5.26 Å².